The number of alkyl halides is 1. The van der Waals surface area contributed by atoms with Crippen molar-refractivity contribution >= 4 is 26.3 Å². The van der Waals surface area contributed by atoms with Crippen LogP contribution in [0.2, 0.25) is 0 Å². The van der Waals surface area contributed by atoms with Gasteiger partial charge in [-0.05, 0) is 18.2 Å². The van der Waals surface area contributed by atoms with Crippen molar-refractivity contribution in [3.63, 3.8) is 0 Å². The number of rotatable bonds is 7. The predicted octanol–water partition coefficient (Wildman–Crippen LogP) is 1.49. The number of benzene rings is 1. The molecule has 102 valence electrons. The van der Waals surface area contributed by atoms with E-state index in [4.69, 9.17) is 0 Å². The molecule has 0 aliphatic heterocycles. The summed E-state index contributed by atoms with van der Waals surface area (Å²) < 4.78 is 34.9. The van der Waals surface area contributed by atoms with Gasteiger partial charge in [-0.15, -0.1) is 0 Å². The first-order valence-corrected chi connectivity index (χ1v) is 7.79. The highest BCUT2D eigenvalue weighted by Gasteiger charge is 2.02. The molecule has 0 bridgehead atoms. The lowest BCUT2D eigenvalue weighted by Crippen LogP contribution is -2.24. The smallest absolute Gasteiger partial charge is 0.217 e. The Labute approximate surface area is 116 Å². The van der Waals surface area contributed by atoms with Crippen LogP contribution < -0.4 is 0 Å². The average molecular weight is 337 g/mol. The molecule has 0 fully saturated rings. The summed E-state index contributed by atoms with van der Waals surface area (Å²) in [4.78, 5) is 1.88. The lowest BCUT2D eigenvalue weighted by molar-refractivity contribution is 0.212. The fourth-order valence-electron chi connectivity index (χ4n) is 1.42. The van der Waals surface area contributed by atoms with Crippen LogP contribution in [-0.2, 0) is 26.5 Å². The average Bonchev–Trinajstić information content (AvgIpc) is 2.28. The van der Waals surface area contributed by atoms with E-state index in [-0.39, 0.29) is 6.61 Å². The van der Waals surface area contributed by atoms with Crippen LogP contribution in [-0.4, -0.2) is 38.1 Å². The Balaban J connectivity index is 2.37. The van der Waals surface area contributed by atoms with Gasteiger partial charge in [0.05, 0.1) is 6.61 Å². The van der Waals surface area contributed by atoms with Crippen LogP contribution in [0.1, 0.15) is 11.1 Å². The highest BCUT2D eigenvalue weighted by atomic mass is 79.9. The molecule has 7 heteroatoms. The monoisotopic (exact) mass is 336 g/mol. The topological polar surface area (TPSA) is 69.7 Å². The van der Waals surface area contributed by atoms with Crippen molar-refractivity contribution in [2.24, 2.45) is 0 Å². The molecular weight excluding hydrogens is 322 g/mol. The van der Waals surface area contributed by atoms with E-state index in [0.29, 0.717) is 13.1 Å². The van der Waals surface area contributed by atoms with E-state index >= 15 is 0 Å². The largest absolute Gasteiger partial charge is 0.726 e. The van der Waals surface area contributed by atoms with Gasteiger partial charge in [0.1, 0.15) is 0 Å². The molecule has 1 aromatic rings. The zero-order chi connectivity index (χ0) is 13.6. The van der Waals surface area contributed by atoms with Crippen molar-refractivity contribution < 1.29 is 17.2 Å². The Kier molecular flexibility index (Phi) is 6.24. The van der Waals surface area contributed by atoms with Crippen LogP contribution in [0, 0.1) is 0 Å². The van der Waals surface area contributed by atoms with Crippen LogP contribution in [0.4, 0.5) is 0 Å². The Bertz CT molecular complexity index is 460. The fourth-order valence-corrected chi connectivity index (χ4v) is 2.07. The second-order valence-electron chi connectivity index (χ2n) is 3.92. The summed E-state index contributed by atoms with van der Waals surface area (Å²) >= 11 is 3.37. The summed E-state index contributed by atoms with van der Waals surface area (Å²) in [6, 6.07) is 8.07. The Morgan fingerprint density at radius 2 is 1.83 bits per heavy atom. The molecular formula is C11H15BrNO4S-. The first-order chi connectivity index (χ1) is 8.40. The molecule has 0 aromatic heterocycles. The molecule has 0 aliphatic carbocycles. The molecule has 0 heterocycles. The summed E-state index contributed by atoms with van der Waals surface area (Å²) in [6.45, 7) is 0.925. The maximum Gasteiger partial charge on any atom is 0.217 e. The van der Waals surface area contributed by atoms with Crippen LogP contribution >= 0.6 is 15.9 Å². The van der Waals surface area contributed by atoms with E-state index in [1.807, 2.05) is 36.2 Å². The highest BCUT2D eigenvalue weighted by Crippen LogP contribution is 2.09. The van der Waals surface area contributed by atoms with Crippen LogP contribution in [0.5, 0.6) is 0 Å². The van der Waals surface area contributed by atoms with Gasteiger partial charge < -0.3 is 4.55 Å². The van der Waals surface area contributed by atoms with Crippen molar-refractivity contribution in [2.45, 2.75) is 11.9 Å². The van der Waals surface area contributed by atoms with Crippen LogP contribution in [0.15, 0.2) is 24.3 Å². The summed E-state index contributed by atoms with van der Waals surface area (Å²) in [5, 5.41) is 0.818. The van der Waals surface area contributed by atoms with E-state index in [9.17, 15) is 13.0 Å². The van der Waals surface area contributed by atoms with Crippen molar-refractivity contribution in [1.29, 1.82) is 0 Å². The molecule has 0 saturated carbocycles. The van der Waals surface area contributed by atoms with Gasteiger partial charge in [0, 0.05) is 18.4 Å². The van der Waals surface area contributed by atoms with Crippen molar-refractivity contribution in [3.05, 3.63) is 35.4 Å². The molecule has 18 heavy (non-hydrogen) atoms. The quantitative estimate of drug-likeness (QED) is 0.428. The SMILES string of the molecule is CN(CCOS(=O)(=O)[O-])Cc1ccc(CBr)cc1. The number of hydrogen-bond acceptors (Lipinski definition) is 5. The maximum atomic E-state index is 10.2. The van der Waals surface area contributed by atoms with Gasteiger partial charge in [-0.25, -0.2) is 8.42 Å². The standard InChI is InChI=1S/C11H16BrNO4S/c1-13(6-7-17-18(14,15)16)9-11-4-2-10(8-12)3-5-11/h2-5H,6-9H2,1H3,(H,14,15,16)/p-1. The van der Waals surface area contributed by atoms with E-state index in [2.05, 4.69) is 20.1 Å². The zero-order valence-electron chi connectivity index (χ0n) is 10.0. The minimum Gasteiger partial charge on any atom is -0.726 e. The van der Waals surface area contributed by atoms with Gasteiger partial charge in [0.15, 0.2) is 0 Å². The fraction of sp³-hybridized carbons (Fsp3) is 0.455. The Morgan fingerprint density at radius 1 is 1.28 bits per heavy atom. The third-order valence-corrected chi connectivity index (χ3v) is 3.43. The minimum absolute atomic E-state index is 0.123. The number of halogens is 1. The summed E-state index contributed by atoms with van der Waals surface area (Å²) in [6.07, 6.45) is 0. The third kappa shape index (κ3) is 6.46. The van der Waals surface area contributed by atoms with Gasteiger partial charge in [-0.1, -0.05) is 40.2 Å². The molecule has 0 amide bonds. The lowest BCUT2D eigenvalue weighted by Gasteiger charge is -2.17. The predicted molar refractivity (Wildman–Crippen MR) is 71.1 cm³/mol. The lowest BCUT2D eigenvalue weighted by atomic mass is 10.1. The molecule has 5 nitrogen and oxygen atoms in total. The molecule has 0 unspecified atom stereocenters. The Hall–Kier alpha value is -0.470. The molecule has 0 spiro atoms. The third-order valence-electron chi connectivity index (χ3n) is 2.33. The molecule has 0 aliphatic rings. The molecule has 0 radical (unpaired) electrons. The normalized spacial score (nSPS) is 12.0. The van der Waals surface area contributed by atoms with E-state index in [1.165, 1.54) is 5.56 Å². The van der Waals surface area contributed by atoms with Crippen LogP contribution in [0.25, 0.3) is 0 Å². The van der Waals surface area contributed by atoms with Gasteiger partial charge in [0.2, 0.25) is 10.4 Å². The van der Waals surface area contributed by atoms with Gasteiger partial charge >= 0.3 is 0 Å². The highest BCUT2D eigenvalue weighted by molar-refractivity contribution is 9.08. The van der Waals surface area contributed by atoms with Crippen LogP contribution in [0.3, 0.4) is 0 Å². The summed E-state index contributed by atoms with van der Waals surface area (Å²) in [7, 11) is -2.75. The second-order valence-corrected chi connectivity index (χ2v) is 5.53. The maximum absolute atomic E-state index is 10.2. The Morgan fingerprint density at radius 3 is 2.33 bits per heavy atom. The molecule has 0 saturated heterocycles. The van der Waals surface area contributed by atoms with Gasteiger partial charge in [-0.2, -0.15) is 0 Å². The number of nitrogens with zero attached hydrogens (tertiary/aromatic N) is 1. The van der Waals surface area contributed by atoms with E-state index < -0.39 is 10.4 Å². The first-order valence-electron chi connectivity index (χ1n) is 5.33. The van der Waals surface area contributed by atoms with E-state index in [1.54, 1.807) is 0 Å². The summed E-state index contributed by atoms with van der Waals surface area (Å²) in [5.74, 6) is 0. The number of hydrogen-bond donors (Lipinski definition) is 0. The molecule has 0 atom stereocenters. The number of likely N-dealkylation sites (N-methyl/N-ethyl adjacent to an activating group) is 1. The van der Waals surface area contributed by atoms with Crippen molar-refractivity contribution in [2.75, 3.05) is 20.2 Å². The molecule has 1 rings (SSSR count). The molecule has 1 aromatic carbocycles. The van der Waals surface area contributed by atoms with E-state index in [0.717, 1.165) is 10.9 Å². The first kappa shape index (κ1) is 15.6. The second kappa shape index (κ2) is 7.20. The van der Waals surface area contributed by atoms with Gasteiger partial charge in [-0.3, -0.25) is 9.08 Å². The summed E-state index contributed by atoms with van der Waals surface area (Å²) in [5.41, 5.74) is 2.31. The molecule has 0 N–H and O–H groups in total. The van der Waals surface area contributed by atoms with Gasteiger partial charge in [0.25, 0.3) is 0 Å². The minimum atomic E-state index is -4.58. The zero-order valence-corrected chi connectivity index (χ0v) is 12.4. The van der Waals surface area contributed by atoms with Crippen molar-refractivity contribution in [3.8, 4) is 0 Å². The van der Waals surface area contributed by atoms with Crippen molar-refractivity contribution in [1.82, 2.24) is 4.90 Å².